The smallest absolute Gasteiger partial charge is 0.214 e. The van der Waals surface area contributed by atoms with E-state index in [1.165, 1.54) is 5.69 Å². The van der Waals surface area contributed by atoms with E-state index in [0.717, 1.165) is 25.9 Å². The third kappa shape index (κ3) is 3.00. The largest absolute Gasteiger partial charge is 0.481 e. The Morgan fingerprint density at radius 2 is 2.12 bits per heavy atom. The third-order valence-electron chi connectivity index (χ3n) is 2.83. The molecule has 0 bridgehead atoms. The van der Waals surface area contributed by atoms with E-state index in [9.17, 15) is 0 Å². The average molecular weight is 244 g/mol. The van der Waals surface area contributed by atoms with Crippen LogP contribution in [0.2, 0.25) is 0 Å². The molecule has 2 heterocycles. The fourth-order valence-corrected chi connectivity index (χ4v) is 1.86. The number of halogens is 1. The van der Waals surface area contributed by atoms with Crippen LogP contribution in [0.3, 0.4) is 0 Å². The van der Waals surface area contributed by atoms with Crippen LogP contribution < -0.4 is 15.4 Å². The first kappa shape index (κ1) is 13.1. The molecule has 0 atom stereocenters. The number of nitrogens with two attached hydrogens (primary N) is 1. The predicted molar refractivity (Wildman–Crippen MR) is 67.5 cm³/mol. The Morgan fingerprint density at radius 3 is 2.75 bits per heavy atom. The normalized spacial score (nSPS) is 16.8. The van der Waals surface area contributed by atoms with Gasteiger partial charge in [-0.1, -0.05) is 0 Å². The lowest BCUT2D eigenvalue weighted by Gasteiger charge is -2.31. The van der Waals surface area contributed by atoms with E-state index in [0.29, 0.717) is 11.9 Å². The molecule has 0 spiro atoms. The lowest BCUT2D eigenvalue weighted by molar-refractivity contribution is 0.397. The van der Waals surface area contributed by atoms with Crippen LogP contribution in [0.1, 0.15) is 12.8 Å². The third-order valence-corrected chi connectivity index (χ3v) is 2.83. The lowest BCUT2D eigenvalue weighted by atomic mass is 10.1. The summed E-state index contributed by atoms with van der Waals surface area (Å²) in [6, 6.07) is 4.35. The number of ether oxygens (including phenoxy) is 1. The van der Waals surface area contributed by atoms with E-state index in [4.69, 9.17) is 10.5 Å². The Balaban J connectivity index is 0.00000128. The van der Waals surface area contributed by atoms with Crippen molar-refractivity contribution in [1.82, 2.24) is 4.98 Å². The number of piperidine rings is 1. The minimum Gasteiger partial charge on any atom is -0.481 e. The van der Waals surface area contributed by atoms with Gasteiger partial charge in [0.1, 0.15) is 0 Å². The summed E-state index contributed by atoms with van der Waals surface area (Å²) in [6.07, 6.45) is 3.90. The fraction of sp³-hybridized carbons (Fsp3) is 0.545. The zero-order valence-corrected chi connectivity index (χ0v) is 10.2. The van der Waals surface area contributed by atoms with Gasteiger partial charge in [-0.05, 0) is 18.9 Å². The van der Waals surface area contributed by atoms with E-state index in [1.807, 2.05) is 12.1 Å². The highest BCUT2D eigenvalue weighted by molar-refractivity contribution is 5.85. The molecule has 0 radical (unpaired) electrons. The fourth-order valence-electron chi connectivity index (χ4n) is 1.86. The molecule has 1 aromatic rings. The highest BCUT2D eigenvalue weighted by Crippen LogP contribution is 2.21. The van der Waals surface area contributed by atoms with Gasteiger partial charge in [-0.15, -0.1) is 12.4 Å². The SMILES string of the molecule is COc1cc(N2CCC(N)CC2)ccn1.Cl. The van der Waals surface area contributed by atoms with Crippen LogP contribution in [-0.2, 0) is 0 Å². The zero-order chi connectivity index (χ0) is 10.7. The van der Waals surface area contributed by atoms with Crippen molar-refractivity contribution in [2.45, 2.75) is 18.9 Å². The Hall–Kier alpha value is -1.00. The molecule has 1 aliphatic heterocycles. The molecule has 2 N–H and O–H groups in total. The summed E-state index contributed by atoms with van der Waals surface area (Å²) in [5.74, 6) is 0.669. The number of aromatic nitrogens is 1. The molecule has 2 rings (SSSR count). The molecule has 4 nitrogen and oxygen atoms in total. The van der Waals surface area contributed by atoms with Crippen molar-refractivity contribution >= 4 is 18.1 Å². The summed E-state index contributed by atoms with van der Waals surface area (Å²) in [4.78, 5) is 6.42. The second kappa shape index (κ2) is 5.92. The van der Waals surface area contributed by atoms with Crippen LogP contribution in [0.4, 0.5) is 5.69 Å². The molecule has 1 saturated heterocycles. The number of rotatable bonds is 2. The molecular formula is C11H18ClN3O. The van der Waals surface area contributed by atoms with Crippen LogP contribution in [0.15, 0.2) is 18.3 Å². The quantitative estimate of drug-likeness (QED) is 0.854. The van der Waals surface area contributed by atoms with Crippen LogP contribution in [0, 0.1) is 0 Å². The summed E-state index contributed by atoms with van der Waals surface area (Å²) in [6.45, 7) is 2.04. The molecule has 1 aromatic heterocycles. The summed E-state index contributed by atoms with van der Waals surface area (Å²) < 4.78 is 5.10. The van der Waals surface area contributed by atoms with Crippen LogP contribution >= 0.6 is 12.4 Å². The molecule has 5 heteroatoms. The average Bonchev–Trinajstić information content (AvgIpc) is 2.30. The van der Waals surface area contributed by atoms with Gasteiger partial charge < -0.3 is 15.4 Å². The maximum atomic E-state index is 5.87. The Bertz CT molecular complexity index is 327. The minimum atomic E-state index is 0. The molecule has 0 saturated carbocycles. The standard InChI is InChI=1S/C11H17N3O.ClH/c1-15-11-8-10(2-5-13-11)14-6-3-9(12)4-7-14;/h2,5,8-9H,3-4,6-7,12H2,1H3;1H. The van der Waals surface area contributed by atoms with Crippen molar-refractivity contribution in [3.8, 4) is 5.88 Å². The number of nitrogens with zero attached hydrogens (tertiary/aromatic N) is 2. The summed E-state index contributed by atoms with van der Waals surface area (Å²) >= 11 is 0. The van der Waals surface area contributed by atoms with Gasteiger partial charge in [0.05, 0.1) is 7.11 Å². The Morgan fingerprint density at radius 1 is 1.44 bits per heavy atom. The maximum absolute atomic E-state index is 5.87. The highest BCUT2D eigenvalue weighted by atomic mass is 35.5. The second-order valence-electron chi connectivity index (χ2n) is 3.88. The molecule has 16 heavy (non-hydrogen) atoms. The van der Waals surface area contributed by atoms with E-state index in [1.54, 1.807) is 13.3 Å². The van der Waals surface area contributed by atoms with Gasteiger partial charge in [0.2, 0.25) is 5.88 Å². The molecule has 0 aromatic carbocycles. The molecular weight excluding hydrogens is 226 g/mol. The number of hydrogen-bond acceptors (Lipinski definition) is 4. The Labute approximate surface area is 102 Å². The summed E-state index contributed by atoms with van der Waals surface area (Å²) in [5.41, 5.74) is 7.04. The lowest BCUT2D eigenvalue weighted by Crippen LogP contribution is -2.39. The van der Waals surface area contributed by atoms with E-state index in [2.05, 4.69) is 9.88 Å². The van der Waals surface area contributed by atoms with Crippen molar-refractivity contribution in [2.75, 3.05) is 25.1 Å². The number of methoxy groups -OCH3 is 1. The number of anilines is 1. The van der Waals surface area contributed by atoms with Gasteiger partial charge in [-0.3, -0.25) is 0 Å². The molecule has 0 amide bonds. The van der Waals surface area contributed by atoms with Crippen molar-refractivity contribution < 1.29 is 4.74 Å². The molecule has 1 aliphatic rings. The van der Waals surface area contributed by atoms with Crippen LogP contribution in [0.5, 0.6) is 5.88 Å². The van der Waals surface area contributed by atoms with Gasteiger partial charge in [-0.25, -0.2) is 4.98 Å². The van der Waals surface area contributed by atoms with Gasteiger partial charge in [0.25, 0.3) is 0 Å². The van der Waals surface area contributed by atoms with Crippen molar-refractivity contribution in [3.05, 3.63) is 18.3 Å². The van der Waals surface area contributed by atoms with Crippen LogP contribution in [-0.4, -0.2) is 31.2 Å². The number of pyridine rings is 1. The summed E-state index contributed by atoms with van der Waals surface area (Å²) in [5, 5.41) is 0. The van der Waals surface area contributed by atoms with Gasteiger partial charge in [0.15, 0.2) is 0 Å². The van der Waals surface area contributed by atoms with Crippen LogP contribution in [0.25, 0.3) is 0 Å². The van der Waals surface area contributed by atoms with E-state index in [-0.39, 0.29) is 12.4 Å². The van der Waals surface area contributed by atoms with Crippen molar-refractivity contribution in [1.29, 1.82) is 0 Å². The van der Waals surface area contributed by atoms with E-state index < -0.39 is 0 Å². The van der Waals surface area contributed by atoms with Crippen molar-refractivity contribution in [2.24, 2.45) is 5.73 Å². The number of hydrogen-bond donors (Lipinski definition) is 1. The highest BCUT2D eigenvalue weighted by Gasteiger charge is 2.16. The molecule has 0 aliphatic carbocycles. The first-order chi connectivity index (χ1) is 7.29. The van der Waals surface area contributed by atoms with Crippen molar-refractivity contribution in [3.63, 3.8) is 0 Å². The van der Waals surface area contributed by atoms with E-state index >= 15 is 0 Å². The van der Waals surface area contributed by atoms with Gasteiger partial charge in [-0.2, -0.15) is 0 Å². The predicted octanol–water partition coefficient (Wildman–Crippen LogP) is 1.44. The Kier molecular flexibility index (Phi) is 4.83. The van der Waals surface area contributed by atoms with Gasteiger partial charge in [0, 0.05) is 37.1 Å². The molecule has 1 fully saturated rings. The first-order valence-electron chi connectivity index (χ1n) is 5.30. The molecule has 0 unspecified atom stereocenters. The molecule has 90 valence electrons. The second-order valence-corrected chi connectivity index (χ2v) is 3.88. The minimum absolute atomic E-state index is 0. The maximum Gasteiger partial charge on any atom is 0.214 e. The monoisotopic (exact) mass is 243 g/mol. The van der Waals surface area contributed by atoms with Gasteiger partial charge >= 0.3 is 0 Å². The summed E-state index contributed by atoms with van der Waals surface area (Å²) in [7, 11) is 1.64. The first-order valence-corrected chi connectivity index (χ1v) is 5.30. The zero-order valence-electron chi connectivity index (χ0n) is 9.43. The topological polar surface area (TPSA) is 51.4 Å².